The first-order chi connectivity index (χ1) is 13.5. The number of nitrogens with zero attached hydrogens (tertiary/aromatic N) is 2. The van der Waals surface area contributed by atoms with E-state index < -0.39 is 0 Å². The van der Waals surface area contributed by atoms with Gasteiger partial charge in [-0.25, -0.2) is 0 Å². The monoisotopic (exact) mass is 481 g/mol. The highest BCUT2D eigenvalue weighted by atomic mass is 79.9. The summed E-state index contributed by atoms with van der Waals surface area (Å²) in [6.45, 7) is 1.63. The van der Waals surface area contributed by atoms with Crippen molar-refractivity contribution in [2.75, 3.05) is 6.54 Å². The van der Waals surface area contributed by atoms with E-state index in [0.29, 0.717) is 41.1 Å². The molecule has 1 amide bonds. The van der Waals surface area contributed by atoms with E-state index in [1.165, 1.54) is 0 Å². The molecule has 1 heterocycles. The Kier molecular flexibility index (Phi) is 7.36. The molecule has 0 aliphatic carbocycles. The Bertz CT molecular complexity index is 945. The summed E-state index contributed by atoms with van der Waals surface area (Å²) in [6, 6.07) is 12.8. The number of benzene rings is 2. The zero-order valence-corrected chi connectivity index (χ0v) is 18.0. The van der Waals surface area contributed by atoms with Crippen LogP contribution in [-0.2, 0) is 13.2 Å². The fourth-order valence-electron chi connectivity index (χ4n) is 2.51. The van der Waals surface area contributed by atoms with Crippen molar-refractivity contribution in [1.82, 2.24) is 15.1 Å². The van der Waals surface area contributed by atoms with Crippen molar-refractivity contribution in [2.24, 2.45) is 0 Å². The summed E-state index contributed by atoms with van der Waals surface area (Å²) in [7, 11) is 0. The molecule has 0 unspecified atom stereocenters. The van der Waals surface area contributed by atoms with Crippen molar-refractivity contribution in [3.8, 4) is 5.75 Å². The lowest BCUT2D eigenvalue weighted by Gasteiger charge is -2.09. The average Bonchev–Trinajstić information content (AvgIpc) is 3.10. The predicted molar refractivity (Wildman–Crippen MR) is 114 cm³/mol. The van der Waals surface area contributed by atoms with E-state index >= 15 is 0 Å². The van der Waals surface area contributed by atoms with Gasteiger partial charge in [-0.1, -0.05) is 51.3 Å². The van der Waals surface area contributed by atoms with Crippen molar-refractivity contribution in [2.45, 2.75) is 19.6 Å². The van der Waals surface area contributed by atoms with Crippen LogP contribution in [0.15, 0.2) is 59.3 Å². The standard InChI is InChI=1S/C20H18BrCl2N3O2/c21-16-6-7-19(18(23)10-16)28-13-14-2-4-15(5-3-14)20(27)24-8-1-9-26-12-17(22)11-25-26/h2-7,10-12H,1,8-9,13H2,(H,24,27). The molecule has 0 bridgehead atoms. The second kappa shape index (κ2) is 9.96. The molecule has 0 spiro atoms. The van der Waals surface area contributed by atoms with Gasteiger partial charge >= 0.3 is 0 Å². The van der Waals surface area contributed by atoms with Crippen LogP contribution in [0, 0.1) is 0 Å². The lowest BCUT2D eigenvalue weighted by molar-refractivity contribution is 0.0952. The molecule has 3 rings (SSSR count). The smallest absolute Gasteiger partial charge is 0.251 e. The quantitative estimate of drug-likeness (QED) is 0.440. The number of halogens is 3. The zero-order valence-electron chi connectivity index (χ0n) is 14.9. The van der Waals surface area contributed by atoms with E-state index in [1.807, 2.05) is 24.3 Å². The molecular weight excluding hydrogens is 465 g/mol. The van der Waals surface area contributed by atoms with Crippen LogP contribution < -0.4 is 10.1 Å². The minimum Gasteiger partial charge on any atom is -0.487 e. The molecule has 0 aliphatic heterocycles. The summed E-state index contributed by atoms with van der Waals surface area (Å²) in [5.74, 6) is 0.507. The molecule has 28 heavy (non-hydrogen) atoms. The second-order valence-electron chi connectivity index (χ2n) is 6.09. The van der Waals surface area contributed by atoms with Gasteiger partial charge in [-0.2, -0.15) is 5.10 Å². The zero-order chi connectivity index (χ0) is 19.9. The van der Waals surface area contributed by atoms with Gasteiger partial charge in [0.25, 0.3) is 5.91 Å². The van der Waals surface area contributed by atoms with Crippen LogP contribution in [0.5, 0.6) is 5.75 Å². The van der Waals surface area contributed by atoms with Crippen molar-refractivity contribution < 1.29 is 9.53 Å². The summed E-state index contributed by atoms with van der Waals surface area (Å²) < 4.78 is 8.38. The minimum absolute atomic E-state index is 0.109. The van der Waals surface area contributed by atoms with Gasteiger partial charge in [0.1, 0.15) is 12.4 Å². The number of hydrogen-bond donors (Lipinski definition) is 1. The van der Waals surface area contributed by atoms with Crippen LogP contribution >= 0.6 is 39.1 Å². The van der Waals surface area contributed by atoms with Gasteiger partial charge < -0.3 is 10.1 Å². The van der Waals surface area contributed by atoms with Crippen LogP contribution in [0.3, 0.4) is 0 Å². The van der Waals surface area contributed by atoms with Crippen LogP contribution in [0.2, 0.25) is 10.0 Å². The maximum absolute atomic E-state index is 12.2. The molecule has 0 aliphatic rings. The average molecular weight is 483 g/mol. The highest BCUT2D eigenvalue weighted by Gasteiger charge is 2.06. The summed E-state index contributed by atoms with van der Waals surface area (Å²) in [5, 5.41) is 8.15. The van der Waals surface area contributed by atoms with E-state index in [9.17, 15) is 4.79 Å². The van der Waals surface area contributed by atoms with E-state index in [4.69, 9.17) is 27.9 Å². The molecule has 0 fully saturated rings. The highest BCUT2D eigenvalue weighted by molar-refractivity contribution is 9.10. The van der Waals surface area contributed by atoms with E-state index in [-0.39, 0.29) is 5.91 Å². The van der Waals surface area contributed by atoms with E-state index in [0.717, 1.165) is 16.5 Å². The van der Waals surface area contributed by atoms with Gasteiger partial charge in [-0.15, -0.1) is 0 Å². The number of nitrogens with one attached hydrogen (secondary N) is 1. The number of hydrogen-bond acceptors (Lipinski definition) is 3. The van der Waals surface area contributed by atoms with E-state index in [2.05, 4.69) is 26.3 Å². The largest absolute Gasteiger partial charge is 0.487 e. The third-order valence-corrected chi connectivity index (χ3v) is 4.94. The molecule has 2 aromatic carbocycles. The number of carbonyl (C=O) groups excluding carboxylic acids is 1. The molecule has 8 heteroatoms. The Morgan fingerprint density at radius 2 is 1.96 bits per heavy atom. The molecule has 0 saturated carbocycles. The molecule has 0 radical (unpaired) electrons. The number of amides is 1. The minimum atomic E-state index is -0.109. The molecule has 0 saturated heterocycles. The van der Waals surface area contributed by atoms with Crippen LogP contribution in [0.4, 0.5) is 0 Å². The van der Waals surface area contributed by atoms with Gasteiger partial charge in [0.05, 0.1) is 16.2 Å². The fraction of sp³-hybridized carbons (Fsp3) is 0.200. The summed E-state index contributed by atoms with van der Waals surface area (Å²) in [6.07, 6.45) is 4.12. The molecule has 3 aromatic rings. The highest BCUT2D eigenvalue weighted by Crippen LogP contribution is 2.28. The molecular formula is C20H18BrCl2N3O2. The maximum Gasteiger partial charge on any atom is 0.251 e. The van der Waals surface area contributed by atoms with Gasteiger partial charge in [0.15, 0.2) is 0 Å². The topological polar surface area (TPSA) is 56.2 Å². The van der Waals surface area contributed by atoms with Gasteiger partial charge in [-0.05, 0) is 42.3 Å². The third kappa shape index (κ3) is 5.99. The normalized spacial score (nSPS) is 10.7. The van der Waals surface area contributed by atoms with Gasteiger partial charge in [-0.3, -0.25) is 9.48 Å². The van der Waals surface area contributed by atoms with Crippen molar-refractivity contribution >= 4 is 45.0 Å². The molecule has 1 aromatic heterocycles. The van der Waals surface area contributed by atoms with Gasteiger partial charge in [0, 0.05) is 29.3 Å². The lowest BCUT2D eigenvalue weighted by Crippen LogP contribution is -2.25. The predicted octanol–water partition coefficient (Wildman–Crippen LogP) is 5.35. The first-order valence-electron chi connectivity index (χ1n) is 8.64. The molecule has 0 atom stereocenters. The Morgan fingerprint density at radius 3 is 2.64 bits per heavy atom. The number of aryl methyl sites for hydroxylation is 1. The number of aromatic nitrogens is 2. The molecule has 5 nitrogen and oxygen atoms in total. The maximum atomic E-state index is 12.2. The van der Waals surface area contributed by atoms with Crippen molar-refractivity contribution in [3.63, 3.8) is 0 Å². The van der Waals surface area contributed by atoms with Crippen LogP contribution in [0.25, 0.3) is 0 Å². The third-order valence-electron chi connectivity index (χ3n) is 3.96. The van der Waals surface area contributed by atoms with E-state index in [1.54, 1.807) is 35.3 Å². The van der Waals surface area contributed by atoms with Crippen molar-refractivity contribution in [1.29, 1.82) is 0 Å². The summed E-state index contributed by atoms with van der Waals surface area (Å²) in [4.78, 5) is 12.2. The summed E-state index contributed by atoms with van der Waals surface area (Å²) >= 11 is 15.3. The molecule has 146 valence electrons. The Morgan fingerprint density at radius 1 is 1.18 bits per heavy atom. The Labute approximate surface area is 181 Å². The second-order valence-corrected chi connectivity index (χ2v) is 7.85. The number of rotatable bonds is 8. The van der Waals surface area contributed by atoms with Crippen molar-refractivity contribution in [3.05, 3.63) is 80.5 Å². The fourth-order valence-corrected chi connectivity index (χ4v) is 3.40. The van der Waals surface area contributed by atoms with Gasteiger partial charge in [0.2, 0.25) is 0 Å². The number of ether oxygens (including phenoxy) is 1. The number of carbonyl (C=O) groups is 1. The van der Waals surface area contributed by atoms with Crippen LogP contribution in [0.1, 0.15) is 22.3 Å². The first kappa shape index (κ1) is 20.7. The molecule has 1 N–H and O–H groups in total. The SMILES string of the molecule is O=C(NCCCn1cc(Cl)cn1)c1ccc(COc2ccc(Br)cc2Cl)cc1. The first-order valence-corrected chi connectivity index (χ1v) is 10.2. The summed E-state index contributed by atoms with van der Waals surface area (Å²) in [5.41, 5.74) is 1.55. The Hall–Kier alpha value is -2.02. The lowest BCUT2D eigenvalue weighted by atomic mass is 10.1. The van der Waals surface area contributed by atoms with Crippen LogP contribution in [-0.4, -0.2) is 22.2 Å². The Balaban J connectivity index is 1.44.